The number of rotatable bonds is 6. The molecule has 2 heterocycles. The van der Waals surface area contributed by atoms with E-state index in [9.17, 15) is 0 Å². The van der Waals surface area contributed by atoms with Gasteiger partial charge in [-0.1, -0.05) is 26.7 Å². The van der Waals surface area contributed by atoms with Crippen molar-refractivity contribution in [1.29, 1.82) is 0 Å². The topological polar surface area (TPSA) is 30.5 Å². The van der Waals surface area contributed by atoms with Crippen molar-refractivity contribution in [2.45, 2.75) is 57.9 Å². The first-order valence-corrected chi connectivity index (χ1v) is 10.2. The second kappa shape index (κ2) is 5.45. The first-order chi connectivity index (χ1) is 9.27. The number of hydrogen-bond acceptors (Lipinski definition) is 4. The second-order valence-corrected chi connectivity index (χ2v) is 9.72. The van der Waals surface area contributed by atoms with Gasteiger partial charge in [-0.15, -0.1) is 0 Å². The van der Waals surface area contributed by atoms with E-state index in [-0.39, 0.29) is 0 Å². The Labute approximate surface area is 119 Å². The molecule has 3 rings (SSSR count). The summed E-state index contributed by atoms with van der Waals surface area (Å²) in [6, 6.07) is 0. The van der Waals surface area contributed by atoms with E-state index in [1.165, 1.54) is 71.2 Å². The second-order valence-electron chi connectivity index (χ2n) is 6.49. The van der Waals surface area contributed by atoms with Gasteiger partial charge in [0.1, 0.15) is 0 Å². The molecule has 1 spiro atoms. The molecular weight excluding hydrogens is 252 g/mol. The quantitative estimate of drug-likeness (QED) is 0.720. The number of nitrogens with zero attached hydrogens (tertiary/aromatic N) is 2. The molecule has 1 unspecified atom stereocenters. The van der Waals surface area contributed by atoms with Gasteiger partial charge in [0.15, 0.2) is 0 Å². The normalized spacial score (nSPS) is 34.4. The van der Waals surface area contributed by atoms with Crippen LogP contribution in [0.25, 0.3) is 0 Å². The minimum absolute atomic E-state index is 0.562. The molecule has 1 atom stereocenters. The van der Waals surface area contributed by atoms with E-state index in [4.69, 9.17) is 0 Å². The van der Waals surface area contributed by atoms with E-state index in [2.05, 4.69) is 32.9 Å². The molecule has 1 aliphatic carbocycles. The summed E-state index contributed by atoms with van der Waals surface area (Å²) < 4.78 is 5.70. The van der Waals surface area contributed by atoms with E-state index in [0.29, 0.717) is 5.54 Å². The molecule has 1 saturated carbocycles. The van der Waals surface area contributed by atoms with Crippen LogP contribution in [0.1, 0.15) is 52.4 Å². The fraction of sp³-hybridized carbons (Fsp3) is 1.00. The Morgan fingerprint density at radius 1 is 1.05 bits per heavy atom. The highest BCUT2D eigenvalue weighted by Gasteiger charge is 2.62. The van der Waals surface area contributed by atoms with Crippen molar-refractivity contribution in [2.24, 2.45) is 0 Å². The molecule has 3 fully saturated rings. The van der Waals surface area contributed by atoms with Crippen LogP contribution in [-0.2, 0) is 0 Å². The van der Waals surface area contributed by atoms with Gasteiger partial charge in [0.05, 0.1) is 0 Å². The summed E-state index contributed by atoms with van der Waals surface area (Å²) in [6.07, 6.45) is 8.23. The molecule has 2 saturated heterocycles. The van der Waals surface area contributed by atoms with Crippen LogP contribution in [0.3, 0.4) is 0 Å². The molecule has 0 radical (unpaired) electrons. The summed E-state index contributed by atoms with van der Waals surface area (Å²) >= 11 is 0. The zero-order valence-electron chi connectivity index (χ0n) is 12.7. The van der Waals surface area contributed by atoms with Crippen molar-refractivity contribution in [2.75, 3.05) is 32.7 Å². The predicted molar refractivity (Wildman–Crippen MR) is 81.8 cm³/mol. The molecule has 0 aromatic rings. The molecule has 19 heavy (non-hydrogen) atoms. The molecule has 4 nitrogen and oxygen atoms in total. The molecule has 0 aromatic heterocycles. The summed E-state index contributed by atoms with van der Waals surface area (Å²) in [4.78, 5) is 7.85. The first kappa shape index (κ1) is 14.0. The van der Waals surface area contributed by atoms with E-state index in [1.807, 2.05) is 0 Å². The Balaban J connectivity index is 1.77. The average Bonchev–Trinajstić information content (AvgIpc) is 2.89. The standard InChI is InChI=1S/C14H30N4Si/c1-3-5-11-17-12-9-15-19(17)16-10-13-18(19)14(6-4-2)7-8-14/h15-16H,3-13H2,1-2H3. The lowest BCUT2D eigenvalue weighted by molar-refractivity contribution is 0.264. The number of nitrogens with one attached hydrogen (secondary N) is 2. The van der Waals surface area contributed by atoms with E-state index < -0.39 is 8.72 Å². The van der Waals surface area contributed by atoms with E-state index >= 15 is 0 Å². The van der Waals surface area contributed by atoms with E-state index in [0.717, 1.165) is 0 Å². The molecular formula is C14H30N4Si. The van der Waals surface area contributed by atoms with Gasteiger partial charge in [-0.3, -0.25) is 19.1 Å². The average molecular weight is 283 g/mol. The summed E-state index contributed by atoms with van der Waals surface area (Å²) in [7, 11) is -1.71. The summed E-state index contributed by atoms with van der Waals surface area (Å²) in [6.45, 7) is 10.8. The summed E-state index contributed by atoms with van der Waals surface area (Å²) in [5.41, 5.74) is 0.562. The molecule has 2 aliphatic heterocycles. The lowest BCUT2D eigenvalue weighted by atomic mass is 10.1. The zero-order chi connectivity index (χ0) is 13.3. The van der Waals surface area contributed by atoms with Gasteiger partial charge in [-0.25, -0.2) is 0 Å². The Bertz CT molecular complexity index is 317. The Morgan fingerprint density at radius 3 is 2.42 bits per heavy atom. The van der Waals surface area contributed by atoms with Crippen LogP contribution < -0.4 is 9.96 Å². The van der Waals surface area contributed by atoms with Crippen molar-refractivity contribution in [1.82, 2.24) is 19.1 Å². The first-order valence-electron chi connectivity index (χ1n) is 8.30. The molecule has 0 aromatic carbocycles. The highest BCUT2D eigenvalue weighted by Crippen LogP contribution is 2.48. The third kappa shape index (κ3) is 2.29. The number of unbranched alkanes of at least 4 members (excludes halogenated alkanes) is 1. The Morgan fingerprint density at radius 2 is 1.79 bits per heavy atom. The van der Waals surface area contributed by atoms with Crippen molar-refractivity contribution >= 4 is 8.72 Å². The third-order valence-corrected chi connectivity index (χ3v) is 9.53. The van der Waals surface area contributed by atoms with Crippen LogP contribution in [0.15, 0.2) is 0 Å². The maximum absolute atomic E-state index is 3.93. The largest absolute Gasteiger partial charge is 0.372 e. The molecule has 0 amide bonds. The zero-order valence-corrected chi connectivity index (χ0v) is 13.7. The van der Waals surface area contributed by atoms with E-state index in [1.54, 1.807) is 0 Å². The maximum Gasteiger partial charge on any atom is 0.372 e. The fourth-order valence-electron chi connectivity index (χ4n) is 4.15. The van der Waals surface area contributed by atoms with Crippen LogP contribution in [0.5, 0.6) is 0 Å². The SMILES string of the molecule is CCCCN1CCN[Si]12NCCN2C1(CCC)CC1. The minimum atomic E-state index is -1.71. The fourth-order valence-corrected chi connectivity index (χ4v) is 8.74. The van der Waals surface area contributed by atoms with Crippen molar-refractivity contribution in [3.05, 3.63) is 0 Å². The van der Waals surface area contributed by atoms with Gasteiger partial charge in [0.25, 0.3) is 0 Å². The molecule has 5 heteroatoms. The van der Waals surface area contributed by atoms with Crippen LogP contribution in [0.4, 0.5) is 0 Å². The minimum Gasteiger partial charge on any atom is -0.299 e. The van der Waals surface area contributed by atoms with Gasteiger partial charge < -0.3 is 0 Å². The van der Waals surface area contributed by atoms with Gasteiger partial charge in [-0.05, 0) is 32.2 Å². The summed E-state index contributed by atoms with van der Waals surface area (Å²) in [5, 5.41) is 0. The van der Waals surface area contributed by atoms with Crippen LogP contribution in [0.2, 0.25) is 0 Å². The van der Waals surface area contributed by atoms with Crippen molar-refractivity contribution < 1.29 is 0 Å². The molecule has 0 bridgehead atoms. The van der Waals surface area contributed by atoms with Crippen molar-refractivity contribution in [3.63, 3.8) is 0 Å². The highest BCUT2D eigenvalue weighted by molar-refractivity contribution is 6.71. The van der Waals surface area contributed by atoms with Gasteiger partial charge in [-0.2, -0.15) is 0 Å². The Hall–Kier alpha value is 0.0569. The monoisotopic (exact) mass is 282 g/mol. The predicted octanol–water partition coefficient (Wildman–Crippen LogP) is 1.37. The smallest absolute Gasteiger partial charge is 0.299 e. The van der Waals surface area contributed by atoms with Gasteiger partial charge >= 0.3 is 8.72 Å². The number of hydrogen-bond donors (Lipinski definition) is 2. The molecule has 2 N–H and O–H groups in total. The van der Waals surface area contributed by atoms with Gasteiger partial charge in [0.2, 0.25) is 0 Å². The lowest BCUT2D eigenvalue weighted by Gasteiger charge is -2.43. The third-order valence-electron chi connectivity index (χ3n) is 5.21. The van der Waals surface area contributed by atoms with Crippen LogP contribution >= 0.6 is 0 Å². The lowest BCUT2D eigenvalue weighted by Crippen LogP contribution is -2.75. The molecule has 110 valence electrons. The molecule has 3 aliphatic rings. The van der Waals surface area contributed by atoms with Crippen LogP contribution in [0, 0.1) is 0 Å². The van der Waals surface area contributed by atoms with Crippen molar-refractivity contribution in [3.8, 4) is 0 Å². The maximum atomic E-state index is 3.93. The highest BCUT2D eigenvalue weighted by atomic mass is 28.4. The van der Waals surface area contributed by atoms with Gasteiger partial charge in [0, 0.05) is 31.7 Å². The summed E-state index contributed by atoms with van der Waals surface area (Å²) in [5.74, 6) is 0. The Kier molecular flexibility index (Phi) is 4.02. The van der Waals surface area contributed by atoms with Crippen LogP contribution in [-0.4, -0.2) is 56.1 Å².